The Kier molecular flexibility index (Phi) is 6.30. The molecule has 0 unspecified atom stereocenters. The molecule has 2 aliphatic carbocycles. The molecule has 3 rings (SSSR count). The van der Waals surface area contributed by atoms with E-state index in [1.165, 1.54) is 24.8 Å². The average Bonchev–Trinajstić information content (AvgIpc) is 3.13. The lowest BCUT2D eigenvalue weighted by Crippen LogP contribution is -2.55. The second kappa shape index (κ2) is 7.93. The van der Waals surface area contributed by atoms with Crippen LogP contribution in [0, 0.1) is 22.7 Å². The maximum Gasteiger partial charge on any atom is 0.192 e. The second-order valence-corrected chi connectivity index (χ2v) is 17.2. The van der Waals surface area contributed by atoms with E-state index in [4.69, 9.17) is 8.84 Å². The van der Waals surface area contributed by atoms with Crippen LogP contribution >= 0.6 is 0 Å². The van der Waals surface area contributed by atoms with Crippen molar-refractivity contribution >= 4 is 8.32 Å². The summed E-state index contributed by atoms with van der Waals surface area (Å²) in [6, 6.07) is 1.88. The first-order valence-electron chi connectivity index (χ1n) is 11.8. The van der Waals surface area contributed by atoms with Crippen molar-refractivity contribution in [3.05, 3.63) is 36.3 Å². The molecule has 0 spiro atoms. The van der Waals surface area contributed by atoms with Gasteiger partial charge in [-0.1, -0.05) is 54.5 Å². The van der Waals surface area contributed by atoms with Crippen LogP contribution in [-0.2, 0) is 4.43 Å². The lowest BCUT2D eigenvalue weighted by molar-refractivity contribution is -0.0890. The van der Waals surface area contributed by atoms with Gasteiger partial charge in [0.25, 0.3) is 0 Å². The van der Waals surface area contributed by atoms with Gasteiger partial charge < -0.3 is 13.9 Å². The van der Waals surface area contributed by atoms with Gasteiger partial charge in [-0.15, -0.1) is 0 Å². The third-order valence-corrected chi connectivity index (χ3v) is 13.5. The van der Waals surface area contributed by atoms with Crippen LogP contribution in [-0.4, -0.2) is 19.5 Å². The van der Waals surface area contributed by atoms with Crippen LogP contribution in [0.25, 0.3) is 0 Å². The summed E-state index contributed by atoms with van der Waals surface area (Å²) in [4.78, 5) is 0. The van der Waals surface area contributed by atoms with E-state index in [1.807, 2.05) is 6.07 Å². The van der Waals surface area contributed by atoms with Crippen molar-refractivity contribution in [3.63, 3.8) is 0 Å². The third-order valence-electron chi connectivity index (χ3n) is 9.01. The van der Waals surface area contributed by atoms with E-state index in [1.54, 1.807) is 12.5 Å². The standard InChI is InChI=1S/C26H44O3Si/c1-18-20(15-21(27)19-11-14-28-17-19)26(7)13-10-12-25(5,6)23(26)16-22(18)29-30(8,9)24(2,3)4/h11,14,17,20-23,27H,1,10,12-13,15-16H2,2-9H3/t20-,21+,22-,23-,26+/m0/s1. The Bertz CT molecular complexity index is 743. The molecule has 1 aromatic heterocycles. The van der Waals surface area contributed by atoms with Crippen molar-refractivity contribution in [2.45, 2.75) is 104 Å². The molecule has 0 aromatic carbocycles. The second-order valence-electron chi connectivity index (χ2n) is 12.4. The fourth-order valence-electron chi connectivity index (χ4n) is 6.09. The van der Waals surface area contributed by atoms with Crippen molar-refractivity contribution in [2.24, 2.45) is 22.7 Å². The number of hydrogen-bond acceptors (Lipinski definition) is 3. The highest BCUT2D eigenvalue weighted by Gasteiger charge is 2.56. The summed E-state index contributed by atoms with van der Waals surface area (Å²) in [7, 11) is -1.92. The summed E-state index contributed by atoms with van der Waals surface area (Å²) < 4.78 is 12.2. The highest BCUT2D eigenvalue weighted by atomic mass is 28.4. The van der Waals surface area contributed by atoms with Gasteiger partial charge in [0, 0.05) is 5.56 Å². The molecule has 3 nitrogen and oxygen atoms in total. The molecule has 1 N–H and O–H groups in total. The first kappa shape index (κ1) is 23.8. The quantitative estimate of drug-likeness (QED) is 0.387. The Balaban J connectivity index is 1.95. The van der Waals surface area contributed by atoms with Crippen LogP contribution in [0.1, 0.15) is 85.3 Å². The number of furan rings is 1. The lowest BCUT2D eigenvalue weighted by atomic mass is 9.46. The molecule has 0 bridgehead atoms. The van der Waals surface area contributed by atoms with Gasteiger partial charge in [0.15, 0.2) is 8.32 Å². The van der Waals surface area contributed by atoms with Gasteiger partial charge in [-0.2, -0.15) is 0 Å². The Labute approximate surface area is 185 Å². The smallest absolute Gasteiger partial charge is 0.192 e. The molecule has 170 valence electrons. The minimum atomic E-state index is -1.92. The van der Waals surface area contributed by atoms with Gasteiger partial charge >= 0.3 is 0 Å². The van der Waals surface area contributed by atoms with E-state index >= 15 is 0 Å². The summed E-state index contributed by atoms with van der Waals surface area (Å²) in [5.74, 6) is 0.816. The van der Waals surface area contributed by atoms with E-state index in [9.17, 15) is 5.11 Å². The molecule has 30 heavy (non-hydrogen) atoms. The summed E-state index contributed by atoms with van der Waals surface area (Å²) in [5.41, 5.74) is 2.50. The minimum Gasteiger partial charge on any atom is -0.472 e. The van der Waals surface area contributed by atoms with Crippen LogP contribution in [0.5, 0.6) is 0 Å². The molecule has 0 radical (unpaired) electrons. The highest BCUT2D eigenvalue weighted by Crippen LogP contribution is 2.63. The van der Waals surface area contributed by atoms with Gasteiger partial charge in [0.2, 0.25) is 0 Å². The molecule has 5 atom stereocenters. The number of hydrogen-bond donors (Lipinski definition) is 1. The van der Waals surface area contributed by atoms with Crippen molar-refractivity contribution < 1.29 is 13.9 Å². The summed E-state index contributed by atoms with van der Waals surface area (Å²) in [6.45, 7) is 23.6. The third kappa shape index (κ3) is 4.25. The topological polar surface area (TPSA) is 42.6 Å². The molecule has 2 aliphatic rings. The average molecular weight is 433 g/mol. The normalized spacial score (nSPS) is 33.2. The molecule has 4 heteroatoms. The summed E-state index contributed by atoms with van der Waals surface area (Å²) in [5, 5.41) is 11.2. The van der Waals surface area contributed by atoms with Crippen LogP contribution in [0.3, 0.4) is 0 Å². The molecule has 1 heterocycles. The largest absolute Gasteiger partial charge is 0.472 e. The van der Waals surface area contributed by atoms with Crippen LogP contribution < -0.4 is 0 Å². The minimum absolute atomic E-state index is 0.0860. The number of aliphatic hydroxyl groups is 1. The number of rotatable bonds is 5. The molecule has 0 amide bonds. The van der Waals surface area contributed by atoms with Gasteiger partial charge in [-0.05, 0) is 78.1 Å². The van der Waals surface area contributed by atoms with Crippen LogP contribution in [0.15, 0.2) is 35.2 Å². The highest BCUT2D eigenvalue weighted by molar-refractivity contribution is 6.74. The molecule has 1 aromatic rings. The zero-order chi connectivity index (χ0) is 22.5. The molecule has 2 fully saturated rings. The zero-order valence-electron chi connectivity index (χ0n) is 20.5. The van der Waals surface area contributed by atoms with Crippen molar-refractivity contribution in [1.82, 2.24) is 0 Å². The van der Waals surface area contributed by atoms with E-state index in [0.717, 1.165) is 12.0 Å². The molecule has 0 aliphatic heterocycles. The van der Waals surface area contributed by atoms with E-state index in [0.29, 0.717) is 12.3 Å². The van der Waals surface area contributed by atoms with Gasteiger partial charge in [-0.3, -0.25) is 0 Å². The maximum absolute atomic E-state index is 11.0. The summed E-state index contributed by atoms with van der Waals surface area (Å²) >= 11 is 0. The lowest BCUT2D eigenvalue weighted by Gasteiger charge is -2.60. The van der Waals surface area contributed by atoms with Gasteiger partial charge in [0.1, 0.15) is 0 Å². The van der Waals surface area contributed by atoms with Crippen molar-refractivity contribution in [1.29, 1.82) is 0 Å². The van der Waals surface area contributed by atoms with E-state index in [-0.39, 0.29) is 27.9 Å². The fourth-order valence-corrected chi connectivity index (χ4v) is 7.40. The SMILES string of the molecule is C=C1[C@@H](O[Si](C)(C)C(C)(C)C)C[C@H]2C(C)(C)CCC[C@]2(C)[C@H]1C[C@@H](O)c1ccoc1. The Morgan fingerprint density at radius 1 is 1.27 bits per heavy atom. The molecular formula is C26H44O3Si. The van der Waals surface area contributed by atoms with Crippen molar-refractivity contribution in [3.8, 4) is 0 Å². The van der Waals surface area contributed by atoms with Crippen LogP contribution in [0.2, 0.25) is 18.1 Å². The Morgan fingerprint density at radius 3 is 2.50 bits per heavy atom. The summed E-state index contributed by atoms with van der Waals surface area (Å²) in [6.07, 6.45) is 8.35. The number of fused-ring (bicyclic) bond motifs is 1. The first-order chi connectivity index (χ1) is 13.7. The molecule has 2 saturated carbocycles. The monoisotopic (exact) mass is 432 g/mol. The molecular weight excluding hydrogens is 388 g/mol. The number of aliphatic hydroxyl groups excluding tert-OH is 1. The Morgan fingerprint density at radius 2 is 1.93 bits per heavy atom. The first-order valence-corrected chi connectivity index (χ1v) is 14.7. The van der Waals surface area contributed by atoms with E-state index in [2.05, 4.69) is 61.2 Å². The van der Waals surface area contributed by atoms with Gasteiger partial charge in [0.05, 0.1) is 24.7 Å². The predicted octanol–water partition coefficient (Wildman–Crippen LogP) is 7.50. The molecule has 0 saturated heterocycles. The fraction of sp³-hybridized carbons (Fsp3) is 0.769. The maximum atomic E-state index is 11.0. The predicted molar refractivity (Wildman–Crippen MR) is 127 cm³/mol. The Hall–Kier alpha value is -0.843. The van der Waals surface area contributed by atoms with Crippen LogP contribution in [0.4, 0.5) is 0 Å². The van der Waals surface area contributed by atoms with Crippen molar-refractivity contribution in [2.75, 3.05) is 0 Å². The zero-order valence-corrected chi connectivity index (χ0v) is 21.5. The van der Waals surface area contributed by atoms with Gasteiger partial charge in [-0.25, -0.2) is 0 Å². The van der Waals surface area contributed by atoms with E-state index < -0.39 is 14.4 Å².